The molecule has 158 valence electrons. The zero-order valence-corrected chi connectivity index (χ0v) is 17.5. The summed E-state index contributed by atoms with van der Waals surface area (Å²) in [5.41, 5.74) is 2.20. The Morgan fingerprint density at radius 3 is 2.63 bits per heavy atom. The molecule has 1 amide bonds. The molecular weight excluding hydrogens is 380 g/mol. The fraction of sp³-hybridized carbons (Fsp3) is 0.435. The molecule has 2 heterocycles. The van der Waals surface area contributed by atoms with Crippen LogP contribution in [0.1, 0.15) is 56.7 Å². The summed E-state index contributed by atoms with van der Waals surface area (Å²) in [6.07, 6.45) is 7.12. The van der Waals surface area contributed by atoms with E-state index in [-0.39, 0.29) is 30.2 Å². The molecule has 30 heavy (non-hydrogen) atoms. The average Bonchev–Trinajstić information content (AvgIpc) is 3.05. The molecule has 2 aromatic heterocycles. The van der Waals surface area contributed by atoms with Crippen LogP contribution in [0.2, 0.25) is 0 Å². The van der Waals surface area contributed by atoms with E-state index in [1.807, 2.05) is 37.3 Å². The minimum atomic E-state index is -0.202. The topological polar surface area (TPSA) is 78.1 Å². The third-order valence-corrected chi connectivity index (χ3v) is 5.96. The van der Waals surface area contributed by atoms with Crippen LogP contribution in [0.5, 0.6) is 5.75 Å². The first kappa shape index (κ1) is 20.2. The number of rotatable bonds is 6. The van der Waals surface area contributed by atoms with Crippen LogP contribution in [0.15, 0.2) is 47.4 Å². The zero-order chi connectivity index (χ0) is 21.1. The molecule has 0 radical (unpaired) electrons. The van der Waals surface area contributed by atoms with E-state index in [1.165, 1.54) is 6.42 Å². The van der Waals surface area contributed by atoms with Crippen LogP contribution in [-0.2, 0) is 11.3 Å². The Hall–Kier alpha value is -3.09. The van der Waals surface area contributed by atoms with E-state index >= 15 is 0 Å². The van der Waals surface area contributed by atoms with Gasteiger partial charge in [0.1, 0.15) is 12.3 Å². The molecule has 4 rings (SSSR count). The number of amides is 1. The number of nitrogens with one attached hydrogen (secondary N) is 1. The van der Waals surface area contributed by atoms with E-state index in [4.69, 9.17) is 4.74 Å². The van der Waals surface area contributed by atoms with E-state index in [2.05, 4.69) is 10.3 Å². The molecule has 0 aliphatic heterocycles. The Balaban J connectivity index is 1.56. The Labute approximate surface area is 175 Å². The van der Waals surface area contributed by atoms with Gasteiger partial charge in [0.2, 0.25) is 5.91 Å². The van der Waals surface area contributed by atoms with Crippen molar-refractivity contribution in [1.29, 1.82) is 0 Å². The van der Waals surface area contributed by atoms with Crippen LogP contribution in [0.3, 0.4) is 0 Å². The lowest BCUT2D eigenvalue weighted by Gasteiger charge is -2.22. The molecule has 1 N–H and O–H groups in total. The van der Waals surface area contributed by atoms with Crippen LogP contribution in [0.25, 0.3) is 11.2 Å². The second-order valence-corrected chi connectivity index (χ2v) is 7.94. The molecule has 1 aliphatic carbocycles. The lowest BCUT2D eigenvalue weighted by molar-refractivity contribution is -0.122. The lowest BCUT2D eigenvalue weighted by Crippen LogP contribution is -2.35. The highest BCUT2D eigenvalue weighted by Gasteiger charge is 2.24. The largest absolute Gasteiger partial charge is 0.497 e. The van der Waals surface area contributed by atoms with Crippen molar-refractivity contribution in [3.8, 4) is 5.75 Å². The van der Waals surface area contributed by atoms with Gasteiger partial charge in [-0.2, -0.15) is 0 Å². The highest BCUT2D eigenvalue weighted by atomic mass is 16.5. The van der Waals surface area contributed by atoms with Gasteiger partial charge in [0.15, 0.2) is 5.65 Å². The first-order valence-electron chi connectivity index (χ1n) is 10.6. The van der Waals surface area contributed by atoms with Crippen LogP contribution >= 0.6 is 0 Å². The van der Waals surface area contributed by atoms with Crippen LogP contribution in [0.4, 0.5) is 0 Å². The number of hydrogen-bond donors (Lipinski definition) is 1. The van der Waals surface area contributed by atoms with E-state index in [0.717, 1.165) is 37.0 Å². The minimum absolute atomic E-state index is 0.0265. The molecule has 0 unspecified atom stereocenters. The van der Waals surface area contributed by atoms with E-state index in [9.17, 15) is 9.59 Å². The predicted octanol–water partition coefficient (Wildman–Crippen LogP) is 3.59. The summed E-state index contributed by atoms with van der Waals surface area (Å²) in [6, 6.07) is 11.2. The molecular formula is C23H28N4O3. The summed E-state index contributed by atoms with van der Waals surface area (Å²) in [7, 11) is 1.62. The quantitative estimate of drug-likeness (QED) is 0.676. The fourth-order valence-electron chi connectivity index (χ4n) is 4.34. The monoisotopic (exact) mass is 408 g/mol. The van der Waals surface area contributed by atoms with Crippen LogP contribution < -0.4 is 15.7 Å². The molecule has 1 fully saturated rings. The number of benzene rings is 1. The van der Waals surface area contributed by atoms with E-state index in [0.29, 0.717) is 11.2 Å². The first-order chi connectivity index (χ1) is 14.6. The Morgan fingerprint density at radius 2 is 1.93 bits per heavy atom. The van der Waals surface area contributed by atoms with Gasteiger partial charge in [-0.3, -0.25) is 13.9 Å². The summed E-state index contributed by atoms with van der Waals surface area (Å²) in [5, 5.41) is 2.99. The van der Waals surface area contributed by atoms with Crippen LogP contribution in [0, 0.1) is 0 Å². The highest BCUT2D eigenvalue weighted by molar-refractivity contribution is 5.79. The second kappa shape index (κ2) is 8.73. The summed E-state index contributed by atoms with van der Waals surface area (Å²) < 4.78 is 8.53. The number of hydrogen-bond acceptors (Lipinski definition) is 4. The summed E-state index contributed by atoms with van der Waals surface area (Å²) >= 11 is 0. The van der Waals surface area contributed by atoms with Crippen molar-refractivity contribution in [2.24, 2.45) is 0 Å². The SMILES string of the molecule is COc1ccc([C@H](C)NC(=O)Cn2c(=O)n(C3CCCCC3)c3ncccc32)cc1. The molecule has 7 heteroatoms. The van der Waals surface area contributed by atoms with Crippen molar-refractivity contribution < 1.29 is 9.53 Å². The number of carbonyl (C=O) groups is 1. The van der Waals surface area contributed by atoms with Gasteiger partial charge in [0.05, 0.1) is 18.7 Å². The van der Waals surface area contributed by atoms with Crippen LogP contribution in [-0.4, -0.2) is 27.1 Å². The van der Waals surface area contributed by atoms with Gasteiger partial charge in [-0.1, -0.05) is 31.4 Å². The van der Waals surface area contributed by atoms with Crippen molar-refractivity contribution in [3.05, 3.63) is 58.6 Å². The summed E-state index contributed by atoms with van der Waals surface area (Å²) in [5.74, 6) is 0.568. The Morgan fingerprint density at radius 1 is 1.20 bits per heavy atom. The molecule has 1 aliphatic rings. The minimum Gasteiger partial charge on any atom is -0.497 e. The number of ether oxygens (including phenoxy) is 1. The third-order valence-electron chi connectivity index (χ3n) is 5.96. The number of methoxy groups -OCH3 is 1. The van der Waals surface area contributed by atoms with Gasteiger partial charge in [0.25, 0.3) is 0 Å². The molecule has 1 saturated carbocycles. The van der Waals surface area contributed by atoms with Gasteiger partial charge >= 0.3 is 5.69 Å². The Kier molecular flexibility index (Phi) is 5.88. The average molecular weight is 409 g/mol. The van der Waals surface area contributed by atoms with Crippen molar-refractivity contribution in [2.45, 2.75) is 57.7 Å². The zero-order valence-electron chi connectivity index (χ0n) is 17.5. The molecule has 7 nitrogen and oxygen atoms in total. The molecule has 1 atom stereocenters. The molecule has 0 bridgehead atoms. The summed E-state index contributed by atoms with van der Waals surface area (Å²) in [6.45, 7) is 1.90. The van der Waals surface area contributed by atoms with E-state index in [1.54, 1.807) is 28.5 Å². The Bertz CT molecular complexity index is 1080. The first-order valence-corrected chi connectivity index (χ1v) is 10.6. The van der Waals surface area contributed by atoms with Crippen molar-refractivity contribution in [3.63, 3.8) is 0 Å². The molecule has 1 aromatic carbocycles. The smallest absolute Gasteiger partial charge is 0.331 e. The molecule has 3 aromatic rings. The number of imidazole rings is 1. The number of nitrogens with zero attached hydrogens (tertiary/aromatic N) is 3. The fourth-order valence-corrected chi connectivity index (χ4v) is 4.34. The lowest BCUT2D eigenvalue weighted by atomic mass is 9.95. The van der Waals surface area contributed by atoms with Gasteiger partial charge < -0.3 is 10.1 Å². The number of fused-ring (bicyclic) bond motifs is 1. The molecule has 0 spiro atoms. The normalized spacial score (nSPS) is 15.8. The van der Waals surface area contributed by atoms with E-state index < -0.39 is 0 Å². The number of aromatic nitrogens is 3. The maximum atomic E-state index is 13.2. The van der Waals surface area contributed by atoms with Crippen molar-refractivity contribution in [2.75, 3.05) is 7.11 Å². The van der Waals surface area contributed by atoms with Gasteiger partial charge in [-0.05, 0) is 49.6 Å². The summed E-state index contributed by atoms with van der Waals surface area (Å²) in [4.78, 5) is 30.5. The van der Waals surface area contributed by atoms with Gasteiger partial charge in [-0.25, -0.2) is 9.78 Å². The number of carbonyl (C=O) groups excluding carboxylic acids is 1. The number of pyridine rings is 1. The van der Waals surface area contributed by atoms with Crippen molar-refractivity contribution in [1.82, 2.24) is 19.4 Å². The third kappa shape index (κ3) is 3.97. The highest BCUT2D eigenvalue weighted by Crippen LogP contribution is 2.29. The van der Waals surface area contributed by atoms with Gasteiger partial charge in [0, 0.05) is 12.2 Å². The van der Waals surface area contributed by atoms with Crippen molar-refractivity contribution >= 4 is 17.1 Å². The van der Waals surface area contributed by atoms with Gasteiger partial charge in [-0.15, -0.1) is 0 Å². The standard InChI is InChI=1S/C23H28N4O3/c1-16(17-10-12-19(30-2)13-11-17)25-21(28)15-26-20-9-6-14-24-22(20)27(23(26)29)18-7-4-3-5-8-18/h6,9-14,16,18H,3-5,7-8,15H2,1-2H3,(H,25,28)/t16-/m0/s1. The second-order valence-electron chi connectivity index (χ2n) is 7.94. The maximum Gasteiger partial charge on any atom is 0.331 e. The predicted molar refractivity (Wildman–Crippen MR) is 116 cm³/mol. The maximum absolute atomic E-state index is 13.2. The molecule has 0 saturated heterocycles.